The first-order chi connectivity index (χ1) is 8.67. The van der Waals surface area contributed by atoms with Gasteiger partial charge in [0.2, 0.25) is 0 Å². The van der Waals surface area contributed by atoms with Crippen molar-refractivity contribution in [2.75, 3.05) is 13.2 Å². The third-order valence-corrected chi connectivity index (χ3v) is 5.65. The van der Waals surface area contributed by atoms with Crippen LogP contribution in [0.5, 0.6) is 0 Å². The Morgan fingerprint density at radius 3 is 2.72 bits per heavy atom. The molecule has 1 aromatic carbocycles. The van der Waals surface area contributed by atoms with Crippen LogP contribution in [0.4, 0.5) is 0 Å². The fourth-order valence-electron chi connectivity index (χ4n) is 2.65. The zero-order chi connectivity index (χ0) is 12.6. The highest BCUT2D eigenvalue weighted by atomic mass is 32.2. The summed E-state index contributed by atoms with van der Waals surface area (Å²) in [5, 5.41) is -0.509. The van der Waals surface area contributed by atoms with E-state index in [1.165, 1.54) is 0 Å². The lowest BCUT2D eigenvalue weighted by Gasteiger charge is -2.16. The standard InChI is InChI=1S/C13H16O4S/c14-18(15,9-10-4-2-1-3-5-10)12-8-17-11-6-7-16-13(11)12/h1-5,11-13H,6-9H2. The Labute approximate surface area is 107 Å². The van der Waals surface area contributed by atoms with Crippen molar-refractivity contribution in [1.82, 2.24) is 0 Å². The molecule has 0 bridgehead atoms. The maximum atomic E-state index is 12.4. The van der Waals surface area contributed by atoms with Crippen LogP contribution in [0.2, 0.25) is 0 Å². The van der Waals surface area contributed by atoms with Gasteiger partial charge in [0.25, 0.3) is 0 Å². The van der Waals surface area contributed by atoms with Crippen LogP contribution < -0.4 is 0 Å². The Hall–Kier alpha value is -0.910. The van der Waals surface area contributed by atoms with Gasteiger partial charge in [-0.25, -0.2) is 8.42 Å². The van der Waals surface area contributed by atoms with Gasteiger partial charge >= 0.3 is 0 Å². The number of hydrogen-bond acceptors (Lipinski definition) is 4. The van der Waals surface area contributed by atoms with Gasteiger partial charge < -0.3 is 9.47 Å². The molecule has 2 fully saturated rings. The zero-order valence-corrected chi connectivity index (χ0v) is 10.8. The van der Waals surface area contributed by atoms with Gasteiger partial charge in [-0.2, -0.15) is 0 Å². The number of fused-ring (bicyclic) bond motifs is 1. The molecule has 98 valence electrons. The Balaban J connectivity index is 1.78. The normalized spacial score (nSPS) is 31.4. The minimum absolute atomic E-state index is 0.0273. The molecule has 0 spiro atoms. The molecule has 0 aromatic heterocycles. The van der Waals surface area contributed by atoms with Gasteiger partial charge in [-0.1, -0.05) is 30.3 Å². The quantitative estimate of drug-likeness (QED) is 0.825. The second kappa shape index (κ2) is 4.64. The molecule has 3 unspecified atom stereocenters. The van der Waals surface area contributed by atoms with E-state index in [1.54, 1.807) is 0 Å². The van der Waals surface area contributed by atoms with E-state index < -0.39 is 15.1 Å². The third-order valence-electron chi connectivity index (χ3n) is 3.59. The molecule has 1 aromatic rings. The molecule has 2 aliphatic rings. The molecule has 2 aliphatic heterocycles. The minimum atomic E-state index is -3.22. The second-order valence-electron chi connectivity index (χ2n) is 4.83. The number of rotatable bonds is 3. The maximum absolute atomic E-state index is 12.4. The molecule has 2 saturated heterocycles. The summed E-state index contributed by atoms with van der Waals surface area (Å²) in [7, 11) is -3.22. The van der Waals surface area contributed by atoms with E-state index in [-0.39, 0.29) is 24.6 Å². The number of ether oxygens (including phenoxy) is 2. The van der Waals surface area contributed by atoms with Crippen molar-refractivity contribution in [3.8, 4) is 0 Å². The Morgan fingerprint density at radius 1 is 1.17 bits per heavy atom. The summed E-state index contributed by atoms with van der Waals surface area (Å²) >= 11 is 0. The third kappa shape index (κ3) is 2.18. The first kappa shape index (κ1) is 12.1. The molecule has 3 rings (SSSR count). The van der Waals surface area contributed by atoms with Crippen molar-refractivity contribution in [3.05, 3.63) is 35.9 Å². The average molecular weight is 268 g/mol. The van der Waals surface area contributed by atoms with Gasteiger partial charge in [0, 0.05) is 6.61 Å². The molecule has 5 heteroatoms. The largest absolute Gasteiger partial charge is 0.374 e. The van der Waals surface area contributed by atoms with Crippen LogP contribution in [-0.2, 0) is 25.1 Å². The molecular weight excluding hydrogens is 252 g/mol. The highest BCUT2D eigenvalue weighted by molar-refractivity contribution is 7.91. The van der Waals surface area contributed by atoms with Crippen molar-refractivity contribution >= 4 is 9.84 Å². The second-order valence-corrected chi connectivity index (χ2v) is 7.05. The van der Waals surface area contributed by atoms with Gasteiger partial charge in [-0.3, -0.25) is 0 Å². The van der Waals surface area contributed by atoms with E-state index in [0.717, 1.165) is 12.0 Å². The van der Waals surface area contributed by atoms with Crippen LogP contribution >= 0.6 is 0 Å². The summed E-state index contributed by atoms with van der Waals surface area (Å²) in [6.45, 7) is 0.872. The van der Waals surface area contributed by atoms with Crippen LogP contribution in [0, 0.1) is 0 Å². The first-order valence-corrected chi connectivity index (χ1v) is 7.87. The summed E-state index contributed by atoms with van der Waals surface area (Å²) < 4.78 is 35.8. The molecule has 0 saturated carbocycles. The van der Waals surface area contributed by atoms with E-state index in [2.05, 4.69) is 0 Å². The lowest BCUT2D eigenvalue weighted by atomic mass is 10.2. The van der Waals surface area contributed by atoms with Crippen molar-refractivity contribution in [2.45, 2.75) is 29.6 Å². The highest BCUT2D eigenvalue weighted by Crippen LogP contribution is 2.31. The zero-order valence-electron chi connectivity index (χ0n) is 9.99. The van der Waals surface area contributed by atoms with Crippen LogP contribution in [0.1, 0.15) is 12.0 Å². The summed E-state index contributed by atoms with van der Waals surface area (Å²) in [5.41, 5.74) is 0.818. The van der Waals surface area contributed by atoms with Crippen LogP contribution in [0.3, 0.4) is 0 Å². The molecule has 2 heterocycles. The predicted octanol–water partition coefficient (Wildman–Crippen LogP) is 1.16. The van der Waals surface area contributed by atoms with Gasteiger partial charge in [0.15, 0.2) is 9.84 Å². The Kier molecular flexibility index (Phi) is 3.13. The van der Waals surface area contributed by atoms with E-state index in [1.807, 2.05) is 30.3 Å². The Bertz CT molecular complexity index is 511. The molecule has 0 aliphatic carbocycles. The molecule has 0 radical (unpaired) electrons. The topological polar surface area (TPSA) is 52.6 Å². The van der Waals surface area contributed by atoms with Gasteiger partial charge in [0.1, 0.15) is 11.4 Å². The van der Waals surface area contributed by atoms with Crippen molar-refractivity contribution in [1.29, 1.82) is 0 Å². The number of benzene rings is 1. The minimum Gasteiger partial charge on any atom is -0.374 e. The summed E-state index contributed by atoms with van der Waals surface area (Å²) in [6.07, 6.45) is 0.515. The summed E-state index contributed by atoms with van der Waals surface area (Å²) in [4.78, 5) is 0. The van der Waals surface area contributed by atoms with Crippen molar-refractivity contribution in [3.63, 3.8) is 0 Å². The maximum Gasteiger partial charge on any atom is 0.162 e. The molecular formula is C13H16O4S. The average Bonchev–Trinajstić information content (AvgIpc) is 2.90. The first-order valence-electron chi connectivity index (χ1n) is 6.15. The summed E-state index contributed by atoms with van der Waals surface area (Å²) in [6, 6.07) is 9.25. The van der Waals surface area contributed by atoms with Crippen molar-refractivity contribution < 1.29 is 17.9 Å². The van der Waals surface area contributed by atoms with E-state index in [0.29, 0.717) is 6.61 Å². The molecule has 3 atom stereocenters. The lowest BCUT2D eigenvalue weighted by Crippen LogP contribution is -2.35. The van der Waals surface area contributed by atoms with E-state index >= 15 is 0 Å². The molecule has 0 amide bonds. The molecule has 18 heavy (non-hydrogen) atoms. The monoisotopic (exact) mass is 268 g/mol. The van der Waals surface area contributed by atoms with Crippen LogP contribution in [0.15, 0.2) is 30.3 Å². The Morgan fingerprint density at radius 2 is 1.94 bits per heavy atom. The predicted molar refractivity (Wildman–Crippen MR) is 67.0 cm³/mol. The van der Waals surface area contributed by atoms with Crippen LogP contribution in [0.25, 0.3) is 0 Å². The number of hydrogen-bond donors (Lipinski definition) is 0. The number of sulfone groups is 1. The fourth-order valence-corrected chi connectivity index (χ4v) is 4.47. The molecule has 4 nitrogen and oxygen atoms in total. The molecule has 0 N–H and O–H groups in total. The SMILES string of the molecule is O=S(=O)(Cc1ccccc1)C1COC2CCOC21. The summed E-state index contributed by atoms with van der Waals surface area (Å²) in [5.74, 6) is 0.0639. The van der Waals surface area contributed by atoms with Crippen LogP contribution in [-0.4, -0.2) is 39.1 Å². The van der Waals surface area contributed by atoms with Crippen molar-refractivity contribution in [2.24, 2.45) is 0 Å². The van der Waals surface area contributed by atoms with E-state index in [4.69, 9.17) is 9.47 Å². The van der Waals surface area contributed by atoms with Gasteiger partial charge in [-0.15, -0.1) is 0 Å². The highest BCUT2D eigenvalue weighted by Gasteiger charge is 2.47. The van der Waals surface area contributed by atoms with E-state index in [9.17, 15) is 8.42 Å². The fraction of sp³-hybridized carbons (Fsp3) is 0.538. The lowest BCUT2D eigenvalue weighted by molar-refractivity contribution is 0.0735. The smallest absolute Gasteiger partial charge is 0.162 e. The van der Waals surface area contributed by atoms with Gasteiger partial charge in [0.05, 0.1) is 18.5 Å². The van der Waals surface area contributed by atoms with Gasteiger partial charge in [-0.05, 0) is 12.0 Å².